The first kappa shape index (κ1) is 15.4. The van der Waals surface area contributed by atoms with Gasteiger partial charge < -0.3 is 14.4 Å². The molecule has 0 bridgehead atoms. The Kier molecular flexibility index (Phi) is 3.36. The van der Waals surface area contributed by atoms with E-state index in [2.05, 4.69) is 59.6 Å². The number of thioether (sulfide) groups is 2. The molecule has 1 spiro atoms. The summed E-state index contributed by atoms with van der Waals surface area (Å²) in [5.41, 5.74) is 6.10. The monoisotopic (exact) mass is 373 g/mol. The molecule has 0 aromatic heterocycles. The van der Waals surface area contributed by atoms with Crippen molar-refractivity contribution in [3.8, 4) is 0 Å². The van der Waals surface area contributed by atoms with Crippen LogP contribution < -0.4 is 0 Å². The fourth-order valence-electron chi connectivity index (χ4n) is 5.21. The Morgan fingerprint density at radius 3 is 2.88 bits per heavy atom. The van der Waals surface area contributed by atoms with Crippen molar-refractivity contribution in [3.63, 3.8) is 0 Å². The number of benzene rings is 1. The number of rotatable bonds is 0. The molecule has 0 N–H and O–H groups in total. The molecular formula is C20H23NO2S2. The van der Waals surface area contributed by atoms with Crippen LogP contribution in [0.1, 0.15) is 36.9 Å². The molecule has 4 atom stereocenters. The van der Waals surface area contributed by atoms with E-state index in [1.807, 2.05) is 0 Å². The fraction of sp³-hybridized carbons (Fsp3) is 0.600. The van der Waals surface area contributed by atoms with Gasteiger partial charge in [0, 0.05) is 17.8 Å². The highest BCUT2D eigenvalue weighted by atomic mass is 32.2. The SMILES string of the molecule is C[C@H]1OC2OC2C2=C1N1CCc3ccccc3C1CC21SCCCS1. The molecule has 2 saturated heterocycles. The van der Waals surface area contributed by atoms with E-state index < -0.39 is 0 Å². The van der Waals surface area contributed by atoms with E-state index in [4.69, 9.17) is 9.47 Å². The zero-order valence-electron chi connectivity index (χ0n) is 14.4. The summed E-state index contributed by atoms with van der Waals surface area (Å²) in [6.07, 6.45) is 4.04. The van der Waals surface area contributed by atoms with Crippen LogP contribution in [0.15, 0.2) is 35.5 Å². The van der Waals surface area contributed by atoms with Crippen molar-refractivity contribution in [2.24, 2.45) is 0 Å². The zero-order valence-corrected chi connectivity index (χ0v) is 16.1. The zero-order chi connectivity index (χ0) is 16.6. The maximum absolute atomic E-state index is 6.16. The van der Waals surface area contributed by atoms with Crippen molar-refractivity contribution >= 4 is 23.5 Å². The van der Waals surface area contributed by atoms with E-state index in [1.54, 1.807) is 11.1 Å². The van der Waals surface area contributed by atoms with Gasteiger partial charge in [-0.05, 0) is 48.8 Å². The van der Waals surface area contributed by atoms with E-state index in [0.717, 1.165) is 13.0 Å². The normalized spacial score (nSPS) is 37.9. The first-order valence-electron chi connectivity index (χ1n) is 9.45. The lowest BCUT2D eigenvalue weighted by atomic mass is 9.82. The van der Waals surface area contributed by atoms with E-state index in [1.165, 1.54) is 35.6 Å². The van der Waals surface area contributed by atoms with Crippen molar-refractivity contribution in [2.75, 3.05) is 18.1 Å². The highest BCUT2D eigenvalue weighted by Gasteiger charge is 2.61. The van der Waals surface area contributed by atoms with Gasteiger partial charge in [0.2, 0.25) is 0 Å². The Hall–Kier alpha value is -0.620. The van der Waals surface area contributed by atoms with Crippen molar-refractivity contribution in [1.82, 2.24) is 4.90 Å². The first-order valence-corrected chi connectivity index (χ1v) is 11.4. The first-order chi connectivity index (χ1) is 12.3. The van der Waals surface area contributed by atoms with Crippen LogP contribution in [0.3, 0.4) is 0 Å². The average molecular weight is 374 g/mol. The molecule has 5 heterocycles. The maximum atomic E-state index is 6.16. The predicted molar refractivity (Wildman–Crippen MR) is 103 cm³/mol. The van der Waals surface area contributed by atoms with Crippen molar-refractivity contribution < 1.29 is 9.47 Å². The Balaban J connectivity index is 1.53. The highest BCUT2D eigenvalue weighted by molar-refractivity contribution is 8.19. The minimum Gasteiger partial charge on any atom is -0.365 e. The molecule has 0 aliphatic carbocycles. The van der Waals surface area contributed by atoms with Gasteiger partial charge in [-0.3, -0.25) is 0 Å². The molecule has 0 saturated carbocycles. The van der Waals surface area contributed by atoms with Gasteiger partial charge >= 0.3 is 0 Å². The van der Waals surface area contributed by atoms with E-state index in [-0.39, 0.29) is 22.6 Å². The molecule has 3 nitrogen and oxygen atoms in total. The van der Waals surface area contributed by atoms with Gasteiger partial charge in [0.25, 0.3) is 0 Å². The molecule has 0 amide bonds. The molecule has 3 unspecified atom stereocenters. The van der Waals surface area contributed by atoms with Gasteiger partial charge in [-0.2, -0.15) is 0 Å². The Morgan fingerprint density at radius 1 is 1.16 bits per heavy atom. The fourth-order valence-corrected chi connectivity index (χ4v) is 8.77. The van der Waals surface area contributed by atoms with Crippen LogP contribution in [0.4, 0.5) is 0 Å². The lowest BCUT2D eigenvalue weighted by Gasteiger charge is -2.54. The topological polar surface area (TPSA) is 25.0 Å². The minimum absolute atomic E-state index is 0.0161. The summed E-state index contributed by atoms with van der Waals surface area (Å²) in [7, 11) is 0. The van der Waals surface area contributed by atoms with Gasteiger partial charge in [0.15, 0.2) is 6.29 Å². The second kappa shape index (κ2) is 5.44. The third-order valence-electron chi connectivity index (χ3n) is 6.29. The van der Waals surface area contributed by atoms with Gasteiger partial charge in [-0.1, -0.05) is 24.3 Å². The van der Waals surface area contributed by atoms with Crippen LogP contribution in [0.5, 0.6) is 0 Å². The summed E-state index contributed by atoms with van der Waals surface area (Å²) in [5.74, 6) is 2.54. The highest BCUT2D eigenvalue weighted by Crippen LogP contribution is 2.63. The van der Waals surface area contributed by atoms with Gasteiger partial charge in [-0.15, -0.1) is 23.5 Å². The number of hydrogen-bond donors (Lipinski definition) is 0. The molecule has 25 heavy (non-hydrogen) atoms. The predicted octanol–water partition coefficient (Wildman–Crippen LogP) is 3.95. The van der Waals surface area contributed by atoms with Crippen LogP contribution in [-0.2, 0) is 15.9 Å². The second-order valence-electron chi connectivity index (χ2n) is 7.67. The lowest BCUT2D eigenvalue weighted by molar-refractivity contribution is -0.00791. The van der Waals surface area contributed by atoms with Gasteiger partial charge in [0.1, 0.15) is 6.10 Å². The van der Waals surface area contributed by atoms with Crippen molar-refractivity contribution in [3.05, 3.63) is 46.7 Å². The summed E-state index contributed by atoms with van der Waals surface area (Å²) in [5, 5.41) is 0. The Bertz CT molecular complexity index is 758. The number of fused-ring (bicyclic) bond motifs is 7. The molecule has 5 heteroatoms. The van der Waals surface area contributed by atoms with Crippen molar-refractivity contribution in [2.45, 2.75) is 54.8 Å². The smallest absolute Gasteiger partial charge is 0.189 e. The summed E-state index contributed by atoms with van der Waals surface area (Å²) in [6.45, 7) is 3.33. The standard InChI is InChI=1S/C20H23NO2S2/c1-12-17-16(18-19(22-12)23-18)20(24-9-4-10-25-20)11-15-14-6-3-2-5-13(14)7-8-21(15)17/h2-3,5-6,12,15,18-19H,4,7-11H2,1H3/t12-,15?,18?,19?/m1/s1. The molecule has 6 rings (SSSR count). The number of ether oxygens (including phenoxy) is 2. The summed E-state index contributed by atoms with van der Waals surface area (Å²) >= 11 is 4.36. The molecule has 1 aromatic rings. The second-order valence-corrected chi connectivity index (χ2v) is 10.7. The number of hydrogen-bond acceptors (Lipinski definition) is 5. The maximum Gasteiger partial charge on any atom is 0.189 e. The summed E-state index contributed by atoms with van der Waals surface area (Å²) in [4.78, 5) is 2.67. The average Bonchev–Trinajstić information content (AvgIpc) is 3.41. The molecular weight excluding hydrogens is 350 g/mol. The summed E-state index contributed by atoms with van der Waals surface area (Å²) in [6, 6.07) is 9.57. The minimum atomic E-state index is 0.0161. The van der Waals surface area contributed by atoms with Crippen LogP contribution in [-0.4, -0.2) is 45.5 Å². The number of epoxide rings is 1. The lowest BCUT2D eigenvalue weighted by Crippen LogP contribution is -2.51. The van der Waals surface area contributed by atoms with Gasteiger partial charge in [-0.25, -0.2) is 0 Å². The van der Waals surface area contributed by atoms with Crippen LogP contribution in [0, 0.1) is 0 Å². The quantitative estimate of drug-likeness (QED) is 0.641. The third kappa shape index (κ3) is 2.16. The van der Waals surface area contributed by atoms with E-state index in [0.29, 0.717) is 6.04 Å². The molecule has 132 valence electrons. The molecule has 0 radical (unpaired) electrons. The third-order valence-corrected chi connectivity index (χ3v) is 9.69. The molecule has 1 aromatic carbocycles. The van der Waals surface area contributed by atoms with Crippen LogP contribution in [0.25, 0.3) is 0 Å². The van der Waals surface area contributed by atoms with Crippen molar-refractivity contribution in [1.29, 1.82) is 0 Å². The molecule has 2 fully saturated rings. The number of nitrogens with zero attached hydrogens (tertiary/aromatic N) is 1. The van der Waals surface area contributed by atoms with Gasteiger partial charge in [0.05, 0.1) is 16.2 Å². The van der Waals surface area contributed by atoms with E-state index in [9.17, 15) is 0 Å². The Labute approximate surface area is 157 Å². The molecule has 5 aliphatic rings. The molecule has 5 aliphatic heterocycles. The largest absolute Gasteiger partial charge is 0.365 e. The Morgan fingerprint density at radius 2 is 2.00 bits per heavy atom. The van der Waals surface area contributed by atoms with Crippen LogP contribution >= 0.6 is 23.5 Å². The van der Waals surface area contributed by atoms with E-state index >= 15 is 0 Å². The summed E-state index contributed by atoms with van der Waals surface area (Å²) < 4.78 is 12.3. The van der Waals surface area contributed by atoms with Crippen LogP contribution in [0.2, 0.25) is 0 Å².